The zero-order valence-corrected chi connectivity index (χ0v) is 36.5. The Labute approximate surface area is 371 Å². The highest BCUT2D eigenvalue weighted by atomic mass is 16.4. The van der Waals surface area contributed by atoms with Crippen LogP contribution in [-0.4, -0.2) is 92.7 Å². The third-order valence-electron chi connectivity index (χ3n) is 10.8. The molecule has 0 saturated carbocycles. The second-order valence-electron chi connectivity index (χ2n) is 17.0. The lowest BCUT2D eigenvalue weighted by Crippen LogP contribution is -2.60. The zero-order chi connectivity index (χ0) is 46.5. The van der Waals surface area contributed by atoms with Gasteiger partial charge in [0, 0.05) is 53.5 Å². The Balaban J connectivity index is 1.47. The van der Waals surface area contributed by atoms with Crippen molar-refractivity contribution in [1.29, 1.82) is 0 Å². The van der Waals surface area contributed by atoms with Crippen LogP contribution in [-0.2, 0) is 52.8 Å². The Hall–Kier alpha value is -7.01. The van der Waals surface area contributed by atoms with Crippen molar-refractivity contribution in [3.8, 4) is 0 Å². The average molecular weight is 878 g/mol. The number of carbonyl (C=O) groups excluding carboxylic acids is 6. The molecule has 0 bridgehead atoms. The Morgan fingerprint density at radius 2 is 0.922 bits per heavy atom. The van der Waals surface area contributed by atoms with Crippen LogP contribution in [0.2, 0.25) is 0 Å². The summed E-state index contributed by atoms with van der Waals surface area (Å²) < 4.78 is 0. The third kappa shape index (κ3) is 13.5. The van der Waals surface area contributed by atoms with Crippen molar-refractivity contribution in [3.05, 3.63) is 108 Å². The second-order valence-corrected chi connectivity index (χ2v) is 17.0. The number of carboxylic acids is 1. The fourth-order valence-electron chi connectivity index (χ4n) is 7.59. The summed E-state index contributed by atoms with van der Waals surface area (Å²) in [4.78, 5) is 101. The first-order valence-electron chi connectivity index (χ1n) is 21.4. The molecule has 340 valence electrons. The van der Waals surface area contributed by atoms with Crippen LogP contribution in [0.1, 0.15) is 63.6 Å². The molecule has 2 aromatic heterocycles. The zero-order valence-electron chi connectivity index (χ0n) is 36.5. The molecular weight excluding hydrogens is 819 g/mol. The number of carbonyl (C=O) groups is 7. The molecule has 17 nitrogen and oxygen atoms in total. The number of hydrogen-bond acceptors (Lipinski definition) is 8. The SMILES string of the molecule is CC(C)C[C@H](NC(=O)[C@H](CC(C)C)NC(=O)[C@@H](Cc1c[nH]c2ccccc12)NC(=O)[C@H](Cc1ccccc1)NC(=O)[C@@H](Cc1c[nH]c2ccccc12)NC(=O)[C@@H](N)CC(=O)O)C(N)=O. The predicted molar refractivity (Wildman–Crippen MR) is 242 cm³/mol. The van der Waals surface area contributed by atoms with Crippen LogP contribution in [0.5, 0.6) is 0 Å². The van der Waals surface area contributed by atoms with E-state index in [1.54, 1.807) is 42.7 Å². The summed E-state index contributed by atoms with van der Waals surface area (Å²) >= 11 is 0. The maximum Gasteiger partial charge on any atom is 0.305 e. The number of aromatic nitrogens is 2. The summed E-state index contributed by atoms with van der Waals surface area (Å²) in [6.45, 7) is 7.53. The topological polar surface area (TPSA) is 283 Å². The summed E-state index contributed by atoms with van der Waals surface area (Å²) in [5.41, 5.74) is 15.1. The molecule has 0 saturated heterocycles. The number of rotatable bonds is 23. The molecule has 0 unspecified atom stereocenters. The molecular formula is C47H59N9O8. The number of fused-ring (bicyclic) bond motifs is 2. The minimum atomic E-state index is -1.47. The van der Waals surface area contributed by atoms with E-state index in [-0.39, 0.29) is 37.5 Å². The molecule has 6 amide bonds. The lowest BCUT2D eigenvalue weighted by molar-refractivity contribution is -0.140. The maximum atomic E-state index is 14.7. The van der Waals surface area contributed by atoms with Crippen LogP contribution in [0.25, 0.3) is 21.8 Å². The van der Waals surface area contributed by atoms with Crippen LogP contribution < -0.4 is 38.1 Å². The number of benzene rings is 3. The molecule has 64 heavy (non-hydrogen) atoms. The minimum Gasteiger partial charge on any atom is -0.481 e. The first-order valence-corrected chi connectivity index (χ1v) is 21.4. The number of primary amides is 1. The Bertz CT molecular complexity index is 2430. The van der Waals surface area contributed by atoms with Gasteiger partial charge in [0.25, 0.3) is 0 Å². The van der Waals surface area contributed by atoms with Gasteiger partial charge in [0.15, 0.2) is 0 Å². The molecule has 0 aliphatic carbocycles. The summed E-state index contributed by atoms with van der Waals surface area (Å²) in [6.07, 6.45) is 3.12. The first kappa shape index (κ1) is 48.0. The normalized spacial score (nSPS) is 14.2. The molecule has 0 fully saturated rings. The number of aliphatic carboxylic acids is 1. The number of amides is 6. The van der Waals surface area contributed by atoms with E-state index in [4.69, 9.17) is 11.5 Å². The van der Waals surface area contributed by atoms with Crippen molar-refractivity contribution in [2.75, 3.05) is 0 Å². The van der Waals surface area contributed by atoms with Crippen molar-refractivity contribution in [1.82, 2.24) is 36.6 Å². The molecule has 0 aliphatic heterocycles. The van der Waals surface area contributed by atoms with Gasteiger partial charge in [-0.2, -0.15) is 0 Å². The highest BCUT2D eigenvalue weighted by Crippen LogP contribution is 2.21. The van der Waals surface area contributed by atoms with Crippen molar-refractivity contribution in [2.45, 2.75) is 102 Å². The molecule has 17 heteroatoms. The third-order valence-corrected chi connectivity index (χ3v) is 10.8. The number of H-pyrrole nitrogens is 2. The summed E-state index contributed by atoms with van der Waals surface area (Å²) in [6, 6.07) is 16.2. The molecule has 12 N–H and O–H groups in total. The van der Waals surface area contributed by atoms with Crippen LogP contribution in [0.4, 0.5) is 0 Å². The van der Waals surface area contributed by atoms with E-state index in [9.17, 15) is 38.7 Å². The highest BCUT2D eigenvalue weighted by Gasteiger charge is 2.34. The number of nitrogens with two attached hydrogens (primary N) is 2. The van der Waals surface area contributed by atoms with Gasteiger partial charge in [-0.05, 0) is 53.5 Å². The number of hydrogen-bond donors (Lipinski definition) is 10. The number of para-hydroxylation sites is 2. The Kier molecular flexibility index (Phi) is 16.8. The lowest BCUT2D eigenvalue weighted by atomic mass is 9.98. The quantitative estimate of drug-likeness (QED) is 0.0461. The monoisotopic (exact) mass is 877 g/mol. The molecule has 5 aromatic rings. The Morgan fingerprint density at radius 3 is 1.39 bits per heavy atom. The number of aromatic amines is 2. The second kappa shape index (κ2) is 22.4. The largest absolute Gasteiger partial charge is 0.481 e. The van der Waals surface area contributed by atoms with Gasteiger partial charge in [0.05, 0.1) is 12.5 Å². The fraction of sp³-hybridized carbons (Fsp3) is 0.383. The van der Waals surface area contributed by atoms with Gasteiger partial charge in [0.1, 0.15) is 30.2 Å². The van der Waals surface area contributed by atoms with Gasteiger partial charge in [-0.1, -0.05) is 94.4 Å². The van der Waals surface area contributed by atoms with Gasteiger partial charge >= 0.3 is 5.97 Å². The molecule has 5 rings (SSSR count). The van der Waals surface area contributed by atoms with Crippen LogP contribution in [0.3, 0.4) is 0 Å². The predicted octanol–water partition coefficient (Wildman–Crippen LogP) is 2.48. The summed E-state index contributed by atoms with van der Waals surface area (Å²) in [5.74, 6) is -5.75. The van der Waals surface area contributed by atoms with E-state index in [0.717, 1.165) is 21.8 Å². The molecule has 6 atom stereocenters. The van der Waals surface area contributed by atoms with E-state index < -0.39 is 84.1 Å². The van der Waals surface area contributed by atoms with Crippen molar-refractivity contribution in [2.24, 2.45) is 23.3 Å². The van der Waals surface area contributed by atoms with Gasteiger partial charge < -0.3 is 53.1 Å². The van der Waals surface area contributed by atoms with Crippen LogP contribution in [0.15, 0.2) is 91.3 Å². The fourth-order valence-corrected chi connectivity index (χ4v) is 7.59. The smallest absolute Gasteiger partial charge is 0.305 e. The van der Waals surface area contributed by atoms with E-state index in [2.05, 4.69) is 36.6 Å². The van der Waals surface area contributed by atoms with Gasteiger partial charge in [-0.25, -0.2) is 0 Å². The van der Waals surface area contributed by atoms with E-state index in [1.165, 1.54) is 0 Å². The van der Waals surface area contributed by atoms with Gasteiger partial charge in [-0.3, -0.25) is 33.6 Å². The lowest BCUT2D eigenvalue weighted by Gasteiger charge is -2.28. The van der Waals surface area contributed by atoms with E-state index in [0.29, 0.717) is 23.1 Å². The van der Waals surface area contributed by atoms with Crippen molar-refractivity contribution < 1.29 is 38.7 Å². The van der Waals surface area contributed by atoms with Crippen molar-refractivity contribution >= 4 is 63.2 Å². The minimum absolute atomic E-state index is 0.0262. The molecule has 3 aromatic carbocycles. The van der Waals surface area contributed by atoms with E-state index in [1.807, 2.05) is 76.2 Å². The van der Waals surface area contributed by atoms with Crippen molar-refractivity contribution in [3.63, 3.8) is 0 Å². The number of nitrogens with one attached hydrogen (secondary N) is 7. The number of carboxylic acid groups (broad SMARTS) is 1. The standard InChI is InChI=1S/C47H59N9O8/c1-26(2)18-36(42(49)59)52-44(61)37(19-27(3)4)54-47(64)40(22-30-25-51-35-17-11-9-15-32(30)35)56-45(62)38(20-28-12-6-5-7-13-28)55-46(63)39(53-43(60)33(48)23-41(57)58)21-29-24-50-34-16-10-8-14-31(29)34/h5-17,24-27,33,36-40,50-51H,18-23,48H2,1-4H3,(H2,49,59)(H,52,61)(H,53,60)(H,54,64)(H,55,63)(H,56,62)(H,57,58)/t33-,36-,37-,38-,39+,40+/m0/s1. The molecule has 0 aliphatic rings. The molecule has 0 radical (unpaired) electrons. The Morgan fingerprint density at radius 1 is 0.531 bits per heavy atom. The summed E-state index contributed by atoms with van der Waals surface area (Å²) in [7, 11) is 0. The molecule has 0 spiro atoms. The van der Waals surface area contributed by atoms with E-state index >= 15 is 0 Å². The highest BCUT2D eigenvalue weighted by molar-refractivity contribution is 5.98. The average Bonchev–Trinajstić information content (AvgIpc) is 3.85. The first-order chi connectivity index (χ1) is 30.5. The van der Waals surface area contributed by atoms with Crippen LogP contribution in [0, 0.1) is 11.8 Å². The molecule has 2 heterocycles. The van der Waals surface area contributed by atoms with Gasteiger partial charge in [0.2, 0.25) is 35.4 Å². The van der Waals surface area contributed by atoms with Gasteiger partial charge in [-0.15, -0.1) is 0 Å². The summed E-state index contributed by atoms with van der Waals surface area (Å²) in [5, 5.41) is 24.7. The van der Waals surface area contributed by atoms with Crippen LogP contribution >= 0.6 is 0 Å². The maximum absolute atomic E-state index is 14.7.